The summed E-state index contributed by atoms with van der Waals surface area (Å²) in [6, 6.07) is 5.09. The third-order valence-corrected chi connectivity index (χ3v) is 4.82. The monoisotopic (exact) mass is 318 g/mol. The maximum Gasteiger partial charge on any atom is 0.242 e. The van der Waals surface area contributed by atoms with E-state index < -0.39 is 10.0 Å². The molecule has 0 aromatic heterocycles. The molecule has 0 heterocycles. The summed E-state index contributed by atoms with van der Waals surface area (Å²) in [7, 11) is -3.54. The number of halogens is 1. The molecular formula is C14H23ClN2O2S. The summed E-state index contributed by atoms with van der Waals surface area (Å²) in [4.78, 5) is 0.151. The van der Waals surface area contributed by atoms with Crippen molar-refractivity contribution in [2.75, 3.05) is 13.1 Å². The van der Waals surface area contributed by atoms with Crippen LogP contribution in [0.2, 0.25) is 5.02 Å². The quantitative estimate of drug-likeness (QED) is 0.775. The van der Waals surface area contributed by atoms with E-state index in [0.29, 0.717) is 19.0 Å². The normalized spacial score (nSPS) is 12.1. The maximum absolute atomic E-state index is 12.2. The van der Waals surface area contributed by atoms with Crippen molar-refractivity contribution in [3.05, 3.63) is 28.8 Å². The second-order valence-corrected chi connectivity index (χ2v) is 7.27. The molecule has 0 spiro atoms. The fourth-order valence-electron chi connectivity index (χ4n) is 1.69. The van der Waals surface area contributed by atoms with Crippen molar-refractivity contribution in [2.45, 2.75) is 38.6 Å². The summed E-state index contributed by atoms with van der Waals surface area (Å²) in [5.41, 5.74) is 0.903. The summed E-state index contributed by atoms with van der Waals surface area (Å²) < 4.78 is 27.1. The molecule has 1 aromatic rings. The first-order valence-corrected chi connectivity index (χ1v) is 8.71. The highest BCUT2D eigenvalue weighted by atomic mass is 35.5. The van der Waals surface area contributed by atoms with Gasteiger partial charge in [0.25, 0.3) is 0 Å². The molecule has 1 aromatic carbocycles. The zero-order valence-electron chi connectivity index (χ0n) is 12.2. The van der Waals surface area contributed by atoms with Gasteiger partial charge in [-0.05, 0) is 36.6 Å². The molecule has 0 atom stereocenters. The Morgan fingerprint density at radius 1 is 1.30 bits per heavy atom. The number of hydrogen-bond acceptors (Lipinski definition) is 3. The molecule has 0 unspecified atom stereocenters. The van der Waals surface area contributed by atoms with Crippen molar-refractivity contribution in [2.24, 2.45) is 5.92 Å². The third kappa shape index (κ3) is 5.40. The molecule has 0 radical (unpaired) electrons. The molecule has 114 valence electrons. The van der Waals surface area contributed by atoms with Gasteiger partial charge in [-0.3, -0.25) is 0 Å². The number of hydrogen-bond donors (Lipinski definition) is 2. The fourth-order valence-corrected chi connectivity index (χ4v) is 3.29. The molecular weight excluding hydrogens is 296 g/mol. The highest BCUT2D eigenvalue weighted by Gasteiger charge is 2.18. The zero-order valence-corrected chi connectivity index (χ0v) is 13.8. The molecule has 1 rings (SSSR count). The number of rotatable bonds is 8. The Balaban J connectivity index is 2.87. The zero-order chi connectivity index (χ0) is 15.2. The van der Waals surface area contributed by atoms with Crippen LogP contribution >= 0.6 is 11.6 Å². The molecule has 4 nitrogen and oxygen atoms in total. The molecule has 0 fully saturated rings. The minimum atomic E-state index is -3.54. The van der Waals surface area contributed by atoms with Crippen LogP contribution in [-0.4, -0.2) is 21.5 Å². The van der Waals surface area contributed by atoms with Crippen molar-refractivity contribution < 1.29 is 8.42 Å². The van der Waals surface area contributed by atoms with Crippen LogP contribution in [-0.2, 0) is 16.6 Å². The predicted molar refractivity (Wildman–Crippen MR) is 83.5 cm³/mol. The lowest BCUT2D eigenvalue weighted by Gasteiger charge is -2.11. The first kappa shape index (κ1) is 17.4. The highest BCUT2D eigenvalue weighted by Crippen LogP contribution is 2.22. The molecule has 6 heteroatoms. The van der Waals surface area contributed by atoms with Gasteiger partial charge >= 0.3 is 0 Å². The van der Waals surface area contributed by atoms with Gasteiger partial charge in [0, 0.05) is 13.1 Å². The van der Waals surface area contributed by atoms with Crippen molar-refractivity contribution >= 4 is 21.6 Å². The standard InChI is InChI=1S/C14H23ClN2O2S/c1-4-16-10-12-5-6-13(15)14(9-12)20(18,19)17-8-7-11(2)3/h5-6,9,11,16-17H,4,7-8,10H2,1-3H3. The van der Waals surface area contributed by atoms with E-state index in [1.807, 2.05) is 13.0 Å². The first-order valence-electron chi connectivity index (χ1n) is 6.85. The summed E-state index contributed by atoms with van der Waals surface area (Å²) >= 11 is 6.02. The fraction of sp³-hybridized carbons (Fsp3) is 0.571. The van der Waals surface area contributed by atoms with Gasteiger partial charge in [0.2, 0.25) is 10.0 Å². The van der Waals surface area contributed by atoms with Gasteiger partial charge in [-0.15, -0.1) is 0 Å². The Hall–Kier alpha value is -0.620. The van der Waals surface area contributed by atoms with Gasteiger partial charge in [-0.2, -0.15) is 0 Å². The van der Waals surface area contributed by atoms with Gasteiger partial charge in [-0.25, -0.2) is 13.1 Å². The van der Waals surface area contributed by atoms with Crippen molar-refractivity contribution in [3.63, 3.8) is 0 Å². The number of benzene rings is 1. The highest BCUT2D eigenvalue weighted by molar-refractivity contribution is 7.89. The van der Waals surface area contributed by atoms with E-state index in [2.05, 4.69) is 23.9 Å². The Kier molecular flexibility index (Phi) is 6.95. The smallest absolute Gasteiger partial charge is 0.242 e. The molecule has 0 bridgehead atoms. The van der Waals surface area contributed by atoms with E-state index in [1.54, 1.807) is 12.1 Å². The predicted octanol–water partition coefficient (Wildman–Crippen LogP) is 2.77. The minimum absolute atomic E-state index is 0.151. The largest absolute Gasteiger partial charge is 0.313 e. The van der Waals surface area contributed by atoms with Crippen LogP contribution in [0.15, 0.2) is 23.1 Å². The van der Waals surface area contributed by atoms with Crippen LogP contribution in [0, 0.1) is 5.92 Å². The van der Waals surface area contributed by atoms with E-state index in [-0.39, 0.29) is 9.92 Å². The summed E-state index contributed by atoms with van der Waals surface area (Å²) in [6.45, 7) is 7.99. The molecule has 0 aliphatic heterocycles. The molecule has 0 aliphatic carbocycles. The molecule has 0 aliphatic rings. The molecule has 0 saturated carbocycles. The second-order valence-electron chi connectivity index (χ2n) is 5.13. The summed E-state index contributed by atoms with van der Waals surface area (Å²) in [5.74, 6) is 0.452. The number of sulfonamides is 1. The van der Waals surface area contributed by atoms with Crippen LogP contribution < -0.4 is 10.0 Å². The van der Waals surface area contributed by atoms with Gasteiger partial charge in [0.1, 0.15) is 4.90 Å². The summed E-state index contributed by atoms with van der Waals surface area (Å²) in [6.07, 6.45) is 0.800. The van der Waals surface area contributed by atoms with E-state index in [4.69, 9.17) is 11.6 Å². The Labute approximate surface area is 127 Å². The van der Waals surface area contributed by atoms with Crippen molar-refractivity contribution in [1.82, 2.24) is 10.0 Å². The Morgan fingerprint density at radius 3 is 2.60 bits per heavy atom. The molecule has 2 N–H and O–H groups in total. The Bertz CT molecular complexity index is 530. The van der Waals surface area contributed by atoms with E-state index in [9.17, 15) is 8.42 Å². The average molecular weight is 319 g/mol. The SMILES string of the molecule is CCNCc1ccc(Cl)c(S(=O)(=O)NCCC(C)C)c1. The summed E-state index contributed by atoms with van der Waals surface area (Å²) in [5, 5.41) is 3.41. The molecule has 20 heavy (non-hydrogen) atoms. The van der Waals surface area contributed by atoms with Crippen LogP contribution in [0.3, 0.4) is 0 Å². The number of nitrogens with one attached hydrogen (secondary N) is 2. The second kappa shape index (κ2) is 7.98. The average Bonchev–Trinajstić information content (AvgIpc) is 2.36. The van der Waals surface area contributed by atoms with Crippen molar-refractivity contribution in [3.8, 4) is 0 Å². The lowest BCUT2D eigenvalue weighted by molar-refractivity contribution is 0.551. The van der Waals surface area contributed by atoms with Crippen LogP contribution in [0.4, 0.5) is 0 Å². The lowest BCUT2D eigenvalue weighted by atomic mass is 10.1. The minimum Gasteiger partial charge on any atom is -0.313 e. The van der Waals surface area contributed by atoms with Crippen LogP contribution in [0.25, 0.3) is 0 Å². The van der Waals surface area contributed by atoms with Gasteiger partial charge in [0.05, 0.1) is 5.02 Å². The lowest BCUT2D eigenvalue weighted by Crippen LogP contribution is -2.26. The first-order chi connectivity index (χ1) is 9.36. The van der Waals surface area contributed by atoms with Gasteiger partial charge < -0.3 is 5.32 Å². The topological polar surface area (TPSA) is 58.2 Å². The van der Waals surface area contributed by atoms with E-state index in [1.165, 1.54) is 0 Å². The molecule has 0 saturated heterocycles. The Morgan fingerprint density at radius 2 is 2.00 bits per heavy atom. The van der Waals surface area contributed by atoms with Crippen molar-refractivity contribution in [1.29, 1.82) is 0 Å². The van der Waals surface area contributed by atoms with Gasteiger partial charge in [-0.1, -0.05) is 38.4 Å². The maximum atomic E-state index is 12.2. The van der Waals surface area contributed by atoms with Crippen LogP contribution in [0.1, 0.15) is 32.8 Å². The van der Waals surface area contributed by atoms with Crippen LogP contribution in [0.5, 0.6) is 0 Å². The van der Waals surface area contributed by atoms with Gasteiger partial charge in [0.15, 0.2) is 0 Å². The van der Waals surface area contributed by atoms with E-state index >= 15 is 0 Å². The third-order valence-electron chi connectivity index (χ3n) is 2.88. The molecule has 0 amide bonds. The van der Waals surface area contributed by atoms with E-state index in [0.717, 1.165) is 18.5 Å².